The number of hydrogen-bond acceptors (Lipinski definition) is 1. The predicted molar refractivity (Wildman–Crippen MR) is 58.4 cm³/mol. The summed E-state index contributed by atoms with van der Waals surface area (Å²) in [6.45, 7) is 3.64. The van der Waals surface area contributed by atoms with Crippen LogP contribution in [0, 0.1) is 17.7 Å². The highest BCUT2D eigenvalue weighted by atomic mass is 19.1. The molecular formula is C13H14FNO. The average molecular weight is 219 g/mol. The maximum Gasteiger partial charge on any atom is 0.226 e. The van der Waals surface area contributed by atoms with Crippen molar-refractivity contribution < 1.29 is 9.18 Å². The quantitative estimate of drug-likeness (QED) is 0.745. The second-order valence-corrected chi connectivity index (χ2v) is 4.65. The number of likely N-dealkylation sites (tertiary alicyclic amines) is 1. The number of rotatable bonds is 2. The van der Waals surface area contributed by atoms with Crippen LogP contribution in [-0.4, -0.2) is 23.9 Å². The molecule has 0 N–H and O–H groups in total. The van der Waals surface area contributed by atoms with Gasteiger partial charge in [0, 0.05) is 19.0 Å². The van der Waals surface area contributed by atoms with Gasteiger partial charge in [-0.2, -0.15) is 0 Å². The lowest BCUT2D eigenvalue weighted by atomic mass is 10.1. The molecule has 1 amide bonds. The summed E-state index contributed by atoms with van der Waals surface area (Å²) in [6, 6.07) is 6.66. The number of piperidine rings is 1. The topological polar surface area (TPSA) is 20.3 Å². The summed E-state index contributed by atoms with van der Waals surface area (Å²) in [6.07, 6.45) is 0. The van der Waals surface area contributed by atoms with Crippen molar-refractivity contribution in [3.8, 4) is 0 Å². The standard InChI is InChI=1S/C13H14FNO/c1-2-15-7-10-11(12(10)13(15)16)8-4-3-5-9(14)6-8/h3-6,10-12H,2,7H2,1H3. The van der Waals surface area contributed by atoms with Gasteiger partial charge in [0.15, 0.2) is 0 Å². The first-order valence-electron chi connectivity index (χ1n) is 5.76. The zero-order valence-electron chi connectivity index (χ0n) is 9.19. The van der Waals surface area contributed by atoms with Crippen molar-refractivity contribution in [2.75, 3.05) is 13.1 Å². The number of amides is 1. The van der Waals surface area contributed by atoms with Crippen LogP contribution in [0.4, 0.5) is 4.39 Å². The van der Waals surface area contributed by atoms with Crippen molar-refractivity contribution in [2.24, 2.45) is 11.8 Å². The number of nitrogens with zero attached hydrogens (tertiary/aromatic N) is 1. The van der Waals surface area contributed by atoms with Crippen molar-refractivity contribution >= 4 is 5.91 Å². The third kappa shape index (κ3) is 1.27. The van der Waals surface area contributed by atoms with Crippen LogP contribution >= 0.6 is 0 Å². The first-order chi connectivity index (χ1) is 7.72. The summed E-state index contributed by atoms with van der Waals surface area (Å²) in [4.78, 5) is 13.8. The fourth-order valence-electron chi connectivity index (χ4n) is 2.95. The molecule has 2 aliphatic rings. The number of carbonyl (C=O) groups excluding carboxylic acids is 1. The van der Waals surface area contributed by atoms with E-state index in [0.29, 0.717) is 5.92 Å². The fourth-order valence-corrected chi connectivity index (χ4v) is 2.95. The van der Waals surface area contributed by atoms with E-state index >= 15 is 0 Å². The van der Waals surface area contributed by atoms with Crippen molar-refractivity contribution in [1.29, 1.82) is 0 Å². The van der Waals surface area contributed by atoms with Gasteiger partial charge in [-0.05, 0) is 30.5 Å². The van der Waals surface area contributed by atoms with Crippen LogP contribution in [0.1, 0.15) is 18.4 Å². The van der Waals surface area contributed by atoms with Gasteiger partial charge in [-0.25, -0.2) is 4.39 Å². The first kappa shape index (κ1) is 9.82. The maximum absolute atomic E-state index is 13.1. The monoisotopic (exact) mass is 219 g/mol. The number of fused-ring (bicyclic) bond motifs is 1. The molecule has 16 heavy (non-hydrogen) atoms. The lowest BCUT2D eigenvalue weighted by molar-refractivity contribution is -0.130. The van der Waals surface area contributed by atoms with Crippen LogP contribution in [0.15, 0.2) is 24.3 Å². The van der Waals surface area contributed by atoms with E-state index in [-0.39, 0.29) is 23.6 Å². The normalized spacial score (nSPS) is 31.8. The van der Waals surface area contributed by atoms with Crippen LogP contribution in [0.3, 0.4) is 0 Å². The van der Waals surface area contributed by atoms with E-state index in [4.69, 9.17) is 0 Å². The molecule has 1 aromatic rings. The molecule has 1 aromatic carbocycles. The Morgan fingerprint density at radius 1 is 1.44 bits per heavy atom. The van der Waals surface area contributed by atoms with Gasteiger partial charge in [0.05, 0.1) is 5.92 Å². The van der Waals surface area contributed by atoms with Gasteiger partial charge in [0.2, 0.25) is 5.91 Å². The highest BCUT2D eigenvalue weighted by Crippen LogP contribution is 2.58. The van der Waals surface area contributed by atoms with Gasteiger partial charge in [0.1, 0.15) is 5.82 Å². The summed E-state index contributed by atoms with van der Waals surface area (Å²) in [5.41, 5.74) is 0.985. The SMILES string of the molecule is CCN1CC2C(C1=O)C2c1cccc(F)c1. The van der Waals surface area contributed by atoms with Crippen molar-refractivity contribution in [3.05, 3.63) is 35.6 Å². The predicted octanol–water partition coefficient (Wildman–Crippen LogP) is 2.02. The minimum Gasteiger partial charge on any atom is -0.342 e. The van der Waals surface area contributed by atoms with Crippen LogP contribution in [-0.2, 0) is 4.79 Å². The molecule has 84 valence electrons. The highest BCUT2D eigenvalue weighted by Gasteiger charge is 2.61. The zero-order valence-corrected chi connectivity index (χ0v) is 9.19. The number of carbonyl (C=O) groups is 1. The molecule has 3 rings (SSSR count). The highest BCUT2D eigenvalue weighted by molar-refractivity contribution is 5.86. The molecule has 2 fully saturated rings. The van der Waals surface area contributed by atoms with Crippen LogP contribution < -0.4 is 0 Å². The Balaban J connectivity index is 1.81. The Morgan fingerprint density at radius 3 is 2.81 bits per heavy atom. The molecule has 0 radical (unpaired) electrons. The minimum absolute atomic E-state index is 0.127. The van der Waals surface area contributed by atoms with E-state index < -0.39 is 0 Å². The smallest absolute Gasteiger partial charge is 0.226 e. The van der Waals surface area contributed by atoms with Crippen LogP contribution in [0.25, 0.3) is 0 Å². The molecule has 1 aliphatic heterocycles. The Labute approximate surface area is 94.1 Å². The Hall–Kier alpha value is -1.38. The molecular weight excluding hydrogens is 205 g/mol. The molecule has 3 atom stereocenters. The van der Waals surface area contributed by atoms with E-state index in [1.54, 1.807) is 12.1 Å². The lowest BCUT2D eigenvalue weighted by Crippen LogP contribution is -2.29. The molecule has 2 nitrogen and oxygen atoms in total. The minimum atomic E-state index is -0.206. The van der Waals surface area contributed by atoms with Gasteiger partial charge in [0.25, 0.3) is 0 Å². The second-order valence-electron chi connectivity index (χ2n) is 4.65. The summed E-state index contributed by atoms with van der Waals surface area (Å²) in [5.74, 6) is 0.867. The van der Waals surface area contributed by atoms with Gasteiger partial charge in [-0.15, -0.1) is 0 Å². The van der Waals surface area contributed by atoms with Gasteiger partial charge in [-0.3, -0.25) is 4.79 Å². The fraction of sp³-hybridized carbons (Fsp3) is 0.462. The average Bonchev–Trinajstić information content (AvgIpc) is 2.90. The van der Waals surface area contributed by atoms with Crippen molar-refractivity contribution in [2.45, 2.75) is 12.8 Å². The largest absolute Gasteiger partial charge is 0.342 e. The number of benzene rings is 1. The molecule has 1 heterocycles. The van der Waals surface area contributed by atoms with E-state index in [2.05, 4.69) is 0 Å². The Morgan fingerprint density at radius 2 is 2.25 bits per heavy atom. The maximum atomic E-state index is 13.1. The van der Waals surface area contributed by atoms with Gasteiger partial charge < -0.3 is 4.90 Å². The Kier molecular flexibility index (Phi) is 2.03. The van der Waals surface area contributed by atoms with Gasteiger partial charge in [-0.1, -0.05) is 12.1 Å². The molecule has 1 aliphatic carbocycles. The van der Waals surface area contributed by atoms with E-state index in [1.807, 2.05) is 17.9 Å². The molecule has 3 unspecified atom stereocenters. The molecule has 1 saturated heterocycles. The lowest BCUT2D eigenvalue weighted by Gasteiger charge is -2.17. The summed E-state index contributed by atoms with van der Waals surface area (Å²) >= 11 is 0. The third-order valence-electron chi connectivity index (χ3n) is 3.81. The number of halogens is 1. The molecule has 0 spiro atoms. The van der Waals surface area contributed by atoms with Crippen molar-refractivity contribution in [1.82, 2.24) is 4.90 Å². The van der Waals surface area contributed by atoms with Crippen molar-refractivity contribution in [3.63, 3.8) is 0 Å². The van der Waals surface area contributed by atoms with Crippen LogP contribution in [0.2, 0.25) is 0 Å². The second kappa shape index (κ2) is 3.30. The van der Waals surface area contributed by atoms with E-state index in [9.17, 15) is 9.18 Å². The summed E-state index contributed by atoms with van der Waals surface area (Å²) in [7, 11) is 0. The molecule has 0 bridgehead atoms. The van der Waals surface area contributed by atoms with E-state index in [0.717, 1.165) is 18.7 Å². The zero-order chi connectivity index (χ0) is 11.3. The summed E-state index contributed by atoms with van der Waals surface area (Å²) < 4.78 is 13.1. The van der Waals surface area contributed by atoms with E-state index in [1.165, 1.54) is 6.07 Å². The summed E-state index contributed by atoms with van der Waals surface area (Å²) in [5, 5.41) is 0. The van der Waals surface area contributed by atoms with Crippen LogP contribution in [0.5, 0.6) is 0 Å². The third-order valence-corrected chi connectivity index (χ3v) is 3.81. The van der Waals surface area contributed by atoms with Gasteiger partial charge >= 0.3 is 0 Å². The number of hydrogen-bond donors (Lipinski definition) is 0. The molecule has 0 aromatic heterocycles. The molecule has 1 saturated carbocycles. The first-order valence-corrected chi connectivity index (χ1v) is 5.76. The Bertz CT molecular complexity index is 445. The molecule has 3 heteroatoms.